The van der Waals surface area contributed by atoms with E-state index in [0.717, 1.165) is 15.6 Å². The van der Waals surface area contributed by atoms with Crippen LogP contribution in [0.4, 0.5) is 0 Å². The first kappa shape index (κ1) is 14.1. The predicted molar refractivity (Wildman–Crippen MR) is 80.3 cm³/mol. The topological polar surface area (TPSA) is 29.5 Å². The summed E-state index contributed by atoms with van der Waals surface area (Å²) in [4.78, 5) is 0. The second-order valence-corrected chi connectivity index (χ2v) is 5.55. The van der Waals surface area contributed by atoms with Gasteiger partial charge in [0, 0.05) is 10.0 Å². The lowest BCUT2D eigenvalue weighted by Crippen LogP contribution is -2.01. The zero-order valence-corrected chi connectivity index (χ0v) is 12.6. The highest BCUT2D eigenvalue weighted by molar-refractivity contribution is 9.10. The summed E-state index contributed by atoms with van der Waals surface area (Å²) in [6.07, 6.45) is -0.541. The summed E-state index contributed by atoms with van der Waals surface area (Å²) in [6, 6.07) is 13.9. The molecule has 0 saturated heterocycles. The van der Waals surface area contributed by atoms with Crippen molar-refractivity contribution in [2.24, 2.45) is 0 Å². The number of rotatable bonds is 4. The number of aryl methyl sites for hydroxylation is 1. The van der Waals surface area contributed by atoms with Crippen molar-refractivity contribution in [3.05, 3.63) is 63.6 Å². The second-order valence-electron chi connectivity index (χ2n) is 4.64. The maximum absolute atomic E-state index is 9.74. The van der Waals surface area contributed by atoms with E-state index in [-0.39, 0.29) is 0 Å². The van der Waals surface area contributed by atoms with Crippen molar-refractivity contribution in [1.82, 2.24) is 0 Å². The molecule has 1 N–H and O–H groups in total. The Hall–Kier alpha value is -1.32. The van der Waals surface area contributed by atoms with Crippen molar-refractivity contribution in [3.8, 4) is 5.75 Å². The normalized spacial score (nSPS) is 12.2. The van der Waals surface area contributed by atoms with Crippen LogP contribution in [-0.2, 0) is 6.61 Å². The molecule has 0 aliphatic rings. The van der Waals surface area contributed by atoms with Crippen molar-refractivity contribution in [1.29, 1.82) is 0 Å². The van der Waals surface area contributed by atoms with E-state index >= 15 is 0 Å². The fraction of sp³-hybridized carbons (Fsp3) is 0.250. The predicted octanol–water partition coefficient (Wildman–Crippen LogP) is 4.39. The molecule has 0 spiro atoms. The zero-order valence-electron chi connectivity index (χ0n) is 11.1. The quantitative estimate of drug-likeness (QED) is 0.905. The molecular formula is C16H17BrO2. The van der Waals surface area contributed by atoms with E-state index in [2.05, 4.69) is 35.0 Å². The van der Waals surface area contributed by atoms with Gasteiger partial charge < -0.3 is 9.84 Å². The lowest BCUT2D eigenvalue weighted by Gasteiger charge is -2.14. The van der Waals surface area contributed by atoms with Gasteiger partial charge in [-0.2, -0.15) is 0 Å². The maximum atomic E-state index is 9.74. The van der Waals surface area contributed by atoms with Gasteiger partial charge in [0.05, 0.1) is 6.10 Å². The number of aliphatic hydroxyl groups is 1. The Morgan fingerprint density at radius 2 is 2.00 bits per heavy atom. The molecule has 100 valence electrons. The van der Waals surface area contributed by atoms with Gasteiger partial charge in [0.25, 0.3) is 0 Å². The van der Waals surface area contributed by atoms with Gasteiger partial charge in [0.2, 0.25) is 0 Å². The Kier molecular flexibility index (Phi) is 4.61. The van der Waals surface area contributed by atoms with E-state index in [1.807, 2.05) is 30.3 Å². The first-order valence-corrected chi connectivity index (χ1v) is 7.01. The third-order valence-electron chi connectivity index (χ3n) is 2.90. The molecule has 2 rings (SSSR count). The van der Waals surface area contributed by atoms with Crippen LogP contribution >= 0.6 is 15.9 Å². The Morgan fingerprint density at radius 3 is 2.68 bits per heavy atom. The summed E-state index contributed by atoms with van der Waals surface area (Å²) in [5.41, 5.74) is 3.14. The second kappa shape index (κ2) is 6.22. The minimum Gasteiger partial charge on any atom is -0.488 e. The molecule has 2 nitrogen and oxygen atoms in total. The van der Waals surface area contributed by atoms with Crippen molar-refractivity contribution < 1.29 is 9.84 Å². The molecule has 0 heterocycles. The lowest BCUT2D eigenvalue weighted by molar-refractivity contribution is 0.190. The van der Waals surface area contributed by atoms with Gasteiger partial charge >= 0.3 is 0 Å². The molecule has 2 aromatic rings. The highest BCUT2D eigenvalue weighted by Crippen LogP contribution is 2.29. The van der Waals surface area contributed by atoms with Crippen LogP contribution < -0.4 is 4.74 Å². The van der Waals surface area contributed by atoms with E-state index in [4.69, 9.17) is 4.74 Å². The Bertz CT molecular complexity index is 564. The molecule has 19 heavy (non-hydrogen) atoms. The van der Waals surface area contributed by atoms with Crippen LogP contribution in [0, 0.1) is 6.92 Å². The summed E-state index contributed by atoms with van der Waals surface area (Å²) in [6.45, 7) is 4.30. The Morgan fingerprint density at radius 1 is 1.21 bits per heavy atom. The number of halogens is 1. The molecule has 0 aliphatic carbocycles. The van der Waals surface area contributed by atoms with Crippen LogP contribution in [0.2, 0.25) is 0 Å². The van der Waals surface area contributed by atoms with E-state index < -0.39 is 6.10 Å². The summed E-state index contributed by atoms with van der Waals surface area (Å²) in [5.74, 6) is 0.714. The smallest absolute Gasteiger partial charge is 0.126 e. The number of aliphatic hydroxyl groups excluding tert-OH is 1. The van der Waals surface area contributed by atoms with Crippen LogP contribution in [0.15, 0.2) is 46.9 Å². The van der Waals surface area contributed by atoms with Crippen molar-refractivity contribution in [2.45, 2.75) is 26.6 Å². The van der Waals surface area contributed by atoms with Gasteiger partial charge in [-0.3, -0.25) is 0 Å². The number of ether oxygens (including phenoxy) is 1. The van der Waals surface area contributed by atoms with Crippen LogP contribution in [-0.4, -0.2) is 5.11 Å². The molecule has 0 aromatic heterocycles. The fourth-order valence-electron chi connectivity index (χ4n) is 1.94. The van der Waals surface area contributed by atoms with E-state index in [0.29, 0.717) is 12.4 Å². The van der Waals surface area contributed by atoms with E-state index in [1.54, 1.807) is 6.92 Å². The summed E-state index contributed by atoms with van der Waals surface area (Å²) in [7, 11) is 0. The van der Waals surface area contributed by atoms with Gasteiger partial charge in [-0.1, -0.05) is 51.8 Å². The van der Waals surface area contributed by atoms with Crippen LogP contribution in [0.5, 0.6) is 5.75 Å². The van der Waals surface area contributed by atoms with Crippen molar-refractivity contribution in [3.63, 3.8) is 0 Å². The third-order valence-corrected chi connectivity index (χ3v) is 3.40. The van der Waals surface area contributed by atoms with Gasteiger partial charge in [0.1, 0.15) is 12.4 Å². The number of hydrogen-bond donors (Lipinski definition) is 1. The Labute approximate surface area is 122 Å². The van der Waals surface area contributed by atoms with E-state index in [1.165, 1.54) is 5.56 Å². The molecule has 0 amide bonds. The molecule has 1 atom stereocenters. The average Bonchev–Trinajstić information content (AvgIpc) is 2.36. The van der Waals surface area contributed by atoms with Gasteiger partial charge in [-0.05, 0) is 31.5 Å². The van der Waals surface area contributed by atoms with Crippen LogP contribution in [0.25, 0.3) is 0 Å². The highest BCUT2D eigenvalue weighted by Gasteiger charge is 2.09. The summed E-state index contributed by atoms with van der Waals surface area (Å²) < 4.78 is 6.77. The fourth-order valence-corrected chi connectivity index (χ4v) is 2.28. The summed E-state index contributed by atoms with van der Waals surface area (Å²) >= 11 is 3.42. The zero-order chi connectivity index (χ0) is 13.8. The largest absolute Gasteiger partial charge is 0.488 e. The molecular weight excluding hydrogens is 304 g/mol. The monoisotopic (exact) mass is 320 g/mol. The van der Waals surface area contributed by atoms with Gasteiger partial charge in [-0.25, -0.2) is 0 Å². The minimum atomic E-state index is -0.541. The highest BCUT2D eigenvalue weighted by atomic mass is 79.9. The maximum Gasteiger partial charge on any atom is 0.126 e. The summed E-state index contributed by atoms with van der Waals surface area (Å²) in [5, 5.41) is 9.74. The molecule has 0 radical (unpaired) electrons. The lowest BCUT2D eigenvalue weighted by atomic mass is 10.1. The third kappa shape index (κ3) is 3.82. The van der Waals surface area contributed by atoms with Crippen LogP contribution in [0.1, 0.15) is 29.7 Å². The molecule has 0 saturated carbocycles. The van der Waals surface area contributed by atoms with Crippen molar-refractivity contribution >= 4 is 15.9 Å². The SMILES string of the molecule is Cc1cccc(COc2cc(Br)ccc2[C@@H](C)O)c1. The average molecular weight is 321 g/mol. The minimum absolute atomic E-state index is 0.498. The molecule has 0 aliphatic heterocycles. The standard InChI is InChI=1S/C16H17BrO2/c1-11-4-3-5-13(8-11)10-19-16-9-14(17)6-7-15(16)12(2)18/h3-9,12,18H,10H2,1-2H3/t12-/m1/s1. The first-order valence-electron chi connectivity index (χ1n) is 6.22. The molecule has 0 unspecified atom stereocenters. The number of hydrogen-bond acceptors (Lipinski definition) is 2. The van der Waals surface area contributed by atoms with Crippen molar-refractivity contribution in [2.75, 3.05) is 0 Å². The molecule has 2 aromatic carbocycles. The molecule has 0 fully saturated rings. The Balaban J connectivity index is 2.17. The van der Waals surface area contributed by atoms with Crippen LogP contribution in [0.3, 0.4) is 0 Å². The van der Waals surface area contributed by atoms with Gasteiger partial charge in [0.15, 0.2) is 0 Å². The molecule has 0 bridgehead atoms. The van der Waals surface area contributed by atoms with Gasteiger partial charge in [-0.15, -0.1) is 0 Å². The molecule has 3 heteroatoms. The number of benzene rings is 2. The van der Waals surface area contributed by atoms with E-state index in [9.17, 15) is 5.11 Å². The first-order chi connectivity index (χ1) is 9.06.